The largest absolute Gasteiger partial charge is 0.314 e. The number of nitrogens with one attached hydrogen (secondary N) is 1. The van der Waals surface area contributed by atoms with E-state index >= 15 is 0 Å². The first kappa shape index (κ1) is 11.0. The molecule has 0 saturated carbocycles. The van der Waals surface area contributed by atoms with E-state index in [2.05, 4.69) is 10.2 Å². The molecule has 18 heavy (non-hydrogen) atoms. The lowest BCUT2D eigenvalue weighted by atomic mass is 9.85. The molecule has 2 heterocycles. The highest BCUT2D eigenvalue weighted by molar-refractivity contribution is 6.07. The van der Waals surface area contributed by atoms with Crippen molar-refractivity contribution in [3.63, 3.8) is 0 Å². The first-order valence-electron chi connectivity index (χ1n) is 5.93. The zero-order valence-corrected chi connectivity index (χ0v) is 10.7. The molecule has 0 atom stereocenters. The van der Waals surface area contributed by atoms with Gasteiger partial charge in [0, 0.05) is 24.5 Å². The molecule has 0 fully saturated rings. The number of carbonyl (C=O) groups is 1. The van der Waals surface area contributed by atoms with Gasteiger partial charge in [0.15, 0.2) is 0 Å². The van der Waals surface area contributed by atoms with Gasteiger partial charge in [-0.2, -0.15) is 5.10 Å². The molecule has 0 spiro atoms. The normalized spacial score (nSPS) is 17.1. The van der Waals surface area contributed by atoms with E-state index in [0.717, 1.165) is 22.4 Å². The number of anilines is 1. The van der Waals surface area contributed by atoms with Crippen molar-refractivity contribution in [1.82, 2.24) is 10.2 Å². The van der Waals surface area contributed by atoms with Crippen molar-refractivity contribution < 1.29 is 4.79 Å². The van der Waals surface area contributed by atoms with Crippen molar-refractivity contribution in [2.75, 3.05) is 11.9 Å². The Morgan fingerprint density at radius 1 is 1.28 bits per heavy atom. The number of nitrogens with zero attached hydrogens (tertiary/aromatic N) is 2. The Kier molecular flexibility index (Phi) is 2.11. The van der Waals surface area contributed by atoms with Gasteiger partial charge in [-0.05, 0) is 31.0 Å². The molecular weight excluding hydrogens is 226 g/mol. The van der Waals surface area contributed by atoms with E-state index < -0.39 is 5.41 Å². The topological polar surface area (TPSA) is 49.0 Å². The van der Waals surface area contributed by atoms with Crippen LogP contribution in [0.4, 0.5) is 5.69 Å². The van der Waals surface area contributed by atoms with Gasteiger partial charge in [-0.25, -0.2) is 0 Å². The van der Waals surface area contributed by atoms with Crippen LogP contribution in [0.3, 0.4) is 0 Å². The van der Waals surface area contributed by atoms with E-state index in [4.69, 9.17) is 0 Å². The van der Waals surface area contributed by atoms with Crippen LogP contribution >= 0.6 is 0 Å². The van der Waals surface area contributed by atoms with E-state index in [1.165, 1.54) is 0 Å². The highest BCUT2D eigenvalue weighted by Crippen LogP contribution is 2.42. The summed E-state index contributed by atoms with van der Waals surface area (Å²) in [5.74, 6) is 0.141. The number of aromatic nitrogens is 2. The van der Waals surface area contributed by atoms with Crippen molar-refractivity contribution in [2.24, 2.45) is 0 Å². The Morgan fingerprint density at radius 3 is 2.72 bits per heavy atom. The summed E-state index contributed by atoms with van der Waals surface area (Å²) in [6, 6.07) is 6.13. The fourth-order valence-electron chi connectivity index (χ4n) is 2.57. The lowest BCUT2D eigenvalue weighted by molar-refractivity contribution is -0.121. The fraction of sp³-hybridized carbons (Fsp3) is 0.286. The maximum atomic E-state index is 12.2. The molecule has 1 aromatic carbocycles. The van der Waals surface area contributed by atoms with Crippen LogP contribution in [-0.4, -0.2) is 23.2 Å². The Labute approximate surface area is 106 Å². The average Bonchev–Trinajstić information content (AvgIpc) is 2.94. The van der Waals surface area contributed by atoms with Crippen LogP contribution in [0.1, 0.15) is 19.4 Å². The average molecular weight is 241 g/mol. The Balaban J connectivity index is 2.17. The number of fused-ring (bicyclic) bond motifs is 1. The lowest BCUT2D eigenvalue weighted by Gasteiger charge is -2.16. The minimum atomic E-state index is -0.432. The minimum absolute atomic E-state index is 0.141. The fourth-order valence-corrected chi connectivity index (χ4v) is 2.57. The van der Waals surface area contributed by atoms with Crippen LogP contribution in [0.5, 0.6) is 0 Å². The number of benzene rings is 1. The summed E-state index contributed by atoms with van der Waals surface area (Å²) < 4.78 is 0. The van der Waals surface area contributed by atoms with Crippen molar-refractivity contribution in [3.8, 4) is 11.1 Å². The van der Waals surface area contributed by atoms with Crippen molar-refractivity contribution in [2.45, 2.75) is 19.3 Å². The third-order valence-electron chi connectivity index (χ3n) is 3.70. The van der Waals surface area contributed by atoms with Gasteiger partial charge in [0.1, 0.15) is 0 Å². The summed E-state index contributed by atoms with van der Waals surface area (Å²) >= 11 is 0. The SMILES string of the molecule is CN1C(=O)C(C)(C)c2ccc(-c3cn[nH]c3)cc21. The van der Waals surface area contributed by atoms with Gasteiger partial charge in [-0.3, -0.25) is 9.89 Å². The number of hydrogen-bond donors (Lipinski definition) is 1. The van der Waals surface area contributed by atoms with E-state index in [-0.39, 0.29) is 5.91 Å². The Morgan fingerprint density at radius 2 is 2.06 bits per heavy atom. The second-order valence-corrected chi connectivity index (χ2v) is 5.21. The second kappa shape index (κ2) is 3.45. The van der Waals surface area contributed by atoms with E-state index in [9.17, 15) is 4.79 Å². The van der Waals surface area contributed by atoms with Crippen molar-refractivity contribution in [3.05, 3.63) is 36.2 Å². The highest BCUT2D eigenvalue weighted by atomic mass is 16.2. The smallest absolute Gasteiger partial charge is 0.236 e. The van der Waals surface area contributed by atoms with Gasteiger partial charge < -0.3 is 4.90 Å². The summed E-state index contributed by atoms with van der Waals surface area (Å²) in [6.45, 7) is 3.93. The molecule has 1 aromatic heterocycles. The van der Waals surface area contributed by atoms with Crippen molar-refractivity contribution >= 4 is 11.6 Å². The molecule has 0 unspecified atom stereocenters. The number of likely N-dealkylation sites (N-methyl/N-ethyl adjacent to an activating group) is 1. The van der Waals surface area contributed by atoms with Crippen LogP contribution in [0.2, 0.25) is 0 Å². The summed E-state index contributed by atoms with van der Waals surface area (Å²) in [4.78, 5) is 13.9. The molecular formula is C14H15N3O. The third kappa shape index (κ3) is 1.32. The first-order valence-corrected chi connectivity index (χ1v) is 5.93. The minimum Gasteiger partial charge on any atom is -0.314 e. The van der Waals surface area contributed by atoms with Gasteiger partial charge >= 0.3 is 0 Å². The summed E-state index contributed by atoms with van der Waals surface area (Å²) in [5.41, 5.74) is 3.74. The lowest BCUT2D eigenvalue weighted by Crippen LogP contribution is -2.33. The molecule has 1 aliphatic heterocycles. The van der Waals surface area contributed by atoms with E-state index in [1.807, 2.05) is 45.3 Å². The molecule has 1 aliphatic rings. The predicted molar refractivity (Wildman–Crippen MR) is 70.5 cm³/mol. The molecule has 0 saturated heterocycles. The zero-order chi connectivity index (χ0) is 12.9. The number of carbonyl (C=O) groups excluding carboxylic acids is 1. The summed E-state index contributed by atoms with van der Waals surface area (Å²) in [5, 5.41) is 6.75. The molecule has 1 N–H and O–H groups in total. The predicted octanol–water partition coefficient (Wildman–Crippen LogP) is 2.33. The van der Waals surface area contributed by atoms with Crippen LogP contribution in [0.25, 0.3) is 11.1 Å². The standard InChI is InChI=1S/C14H15N3O/c1-14(2)11-5-4-9(10-7-15-16-8-10)6-12(11)17(3)13(14)18/h4-8H,1-3H3,(H,15,16). The number of amides is 1. The molecule has 0 radical (unpaired) electrons. The first-order chi connectivity index (χ1) is 8.51. The van der Waals surface area contributed by atoms with Crippen LogP contribution < -0.4 is 4.90 Å². The number of rotatable bonds is 1. The van der Waals surface area contributed by atoms with Crippen LogP contribution in [0, 0.1) is 0 Å². The highest BCUT2D eigenvalue weighted by Gasteiger charge is 2.42. The van der Waals surface area contributed by atoms with E-state index in [0.29, 0.717) is 0 Å². The molecule has 92 valence electrons. The van der Waals surface area contributed by atoms with Crippen LogP contribution in [0.15, 0.2) is 30.6 Å². The maximum Gasteiger partial charge on any atom is 0.236 e. The Hall–Kier alpha value is -2.10. The van der Waals surface area contributed by atoms with E-state index in [1.54, 1.807) is 11.1 Å². The number of hydrogen-bond acceptors (Lipinski definition) is 2. The molecule has 0 bridgehead atoms. The molecule has 4 nitrogen and oxygen atoms in total. The van der Waals surface area contributed by atoms with Crippen molar-refractivity contribution in [1.29, 1.82) is 0 Å². The van der Waals surface area contributed by atoms with Gasteiger partial charge in [0.2, 0.25) is 5.91 Å². The zero-order valence-electron chi connectivity index (χ0n) is 10.7. The van der Waals surface area contributed by atoms with Gasteiger partial charge in [0.25, 0.3) is 0 Å². The molecule has 2 aromatic rings. The molecule has 4 heteroatoms. The monoisotopic (exact) mass is 241 g/mol. The number of H-pyrrole nitrogens is 1. The van der Waals surface area contributed by atoms with Gasteiger partial charge in [0.05, 0.1) is 11.6 Å². The Bertz CT molecular complexity index is 614. The van der Waals surface area contributed by atoms with Crippen LogP contribution in [-0.2, 0) is 10.2 Å². The van der Waals surface area contributed by atoms with Gasteiger partial charge in [-0.1, -0.05) is 12.1 Å². The van der Waals surface area contributed by atoms with Gasteiger partial charge in [-0.15, -0.1) is 0 Å². The third-order valence-corrected chi connectivity index (χ3v) is 3.70. The summed E-state index contributed by atoms with van der Waals surface area (Å²) in [6.07, 6.45) is 3.63. The molecule has 3 rings (SSSR count). The quantitative estimate of drug-likeness (QED) is 0.833. The molecule has 0 aliphatic carbocycles. The number of aromatic amines is 1. The maximum absolute atomic E-state index is 12.2. The molecule has 1 amide bonds. The summed E-state index contributed by atoms with van der Waals surface area (Å²) in [7, 11) is 1.83. The second-order valence-electron chi connectivity index (χ2n) is 5.21.